The zero-order valence-corrected chi connectivity index (χ0v) is 8.86. The number of hydrogen-bond donors (Lipinski definition) is 0. The zero-order chi connectivity index (χ0) is 9.40. The number of allylic oxidation sites excluding steroid dienone is 3. The molecule has 68 valence electrons. The van der Waals surface area contributed by atoms with E-state index < -0.39 is 0 Å². The van der Waals surface area contributed by atoms with Crippen LogP contribution in [0, 0.1) is 5.92 Å². The molecule has 0 rings (SSSR count). The molecule has 12 heavy (non-hydrogen) atoms. The Labute approximate surface area is 80.4 Å². The van der Waals surface area contributed by atoms with Crippen molar-refractivity contribution in [2.45, 2.75) is 26.7 Å². The van der Waals surface area contributed by atoms with Crippen molar-refractivity contribution in [3.63, 3.8) is 0 Å². The molecule has 0 heterocycles. The van der Waals surface area contributed by atoms with E-state index in [4.69, 9.17) is 0 Å². The van der Waals surface area contributed by atoms with Gasteiger partial charge in [0.05, 0.1) is 0 Å². The van der Waals surface area contributed by atoms with Gasteiger partial charge in [0.1, 0.15) is 0 Å². The Kier molecular flexibility index (Phi) is 6.97. The molecule has 0 amide bonds. The van der Waals surface area contributed by atoms with E-state index in [9.17, 15) is 0 Å². The Morgan fingerprint density at radius 1 is 1.50 bits per heavy atom. The van der Waals surface area contributed by atoms with E-state index in [2.05, 4.69) is 33.1 Å². The normalized spacial score (nSPS) is 14.0. The lowest BCUT2D eigenvalue weighted by atomic mass is 10.1. The Morgan fingerprint density at radius 2 is 2.17 bits per heavy atom. The predicted octanol–water partition coefficient (Wildman–Crippen LogP) is 4.37. The van der Waals surface area contributed by atoms with Crippen LogP contribution in [-0.2, 0) is 0 Å². The average Bonchev–Trinajstić information content (AvgIpc) is 2.04. The molecule has 0 radical (unpaired) electrons. The van der Waals surface area contributed by atoms with Gasteiger partial charge < -0.3 is 0 Å². The summed E-state index contributed by atoms with van der Waals surface area (Å²) < 4.78 is 0. The van der Waals surface area contributed by atoms with Gasteiger partial charge in [0.25, 0.3) is 0 Å². The summed E-state index contributed by atoms with van der Waals surface area (Å²) in [4.78, 5) is 1.36. The lowest BCUT2D eigenvalue weighted by Gasteiger charge is -2.11. The summed E-state index contributed by atoms with van der Waals surface area (Å²) in [5, 5.41) is 1.88. The van der Waals surface area contributed by atoms with Gasteiger partial charge in [-0.2, -0.15) is 0 Å². The van der Waals surface area contributed by atoms with E-state index in [0.717, 1.165) is 0 Å². The van der Waals surface area contributed by atoms with Crippen molar-refractivity contribution in [1.82, 2.24) is 0 Å². The fourth-order valence-electron chi connectivity index (χ4n) is 1.11. The number of rotatable bonds is 6. The van der Waals surface area contributed by atoms with Crippen molar-refractivity contribution in [2.75, 3.05) is 0 Å². The molecule has 1 unspecified atom stereocenters. The van der Waals surface area contributed by atoms with Crippen molar-refractivity contribution in [3.05, 3.63) is 35.6 Å². The summed E-state index contributed by atoms with van der Waals surface area (Å²) in [7, 11) is 0. The molecule has 0 N–H and O–H groups in total. The second kappa shape index (κ2) is 7.23. The van der Waals surface area contributed by atoms with Crippen LogP contribution >= 0.6 is 11.8 Å². The summed E-state index contributed by atoms with van der Waals surface area (Å²) in [6.45, 7) is 11.9. The molecule has 0 saturated heterocycles. The van der Waals surface area contributed by atoms with Crippen LogP contribution in [0.5, 0.6) is 0 Å². The second-order valence-electron chi connectivity index (χ2n) is 2.78. The van der Waals surface area contributed by atoms with Gasteiger partial charge in [-0.05, 0) is 22.7 Å². The van der Waals surface area contributed by atoms with Crippen LogP contribution in [0.4, 0.5) is 0 Å². The third-order valence-corrected chi connectivity index (χ3v) is 2.69. The van der Waals surface area contributed by atoms with Crippen LogP contribution in [0.3, 0.4) is 0 Å². The van der Waals surface area contributed by atoms with E-state index >= 15 is 0 Å². The van der Waals surface area contributed by atoms with E-state index in [0.29, 0.717) is 5.92 Å². The first kappa shape index (κ1) is 11.6. The van der Waals surface area contributed by atoms with E-state index in [1.807, 2.05) is 11.5 Å². The maximum Gasteiger partial charge on any atom is -0.00806 e. The van der Waals surface area contributed by atoms with E-state index in [-0.39, 0.29) is 0 Å². The van der Waals surface area contributed by atoms with E-state index in [1.165, 1.54) is 17.7 Å². The van der Waals surface area contributed by atoms with E-state index in [1.54, 1.807) is 11.8 Å². The zero-order valence-electron chi connectivity index (χ0n) is 8.05. The molecule has 0 aliphatic heterocycles. The van der Waals surface area contributed by atoms with Crippen LogP contribution in [0.1, 0.15) is 26.7 Å². The van der Waals surface area contributed by atoms with Crippen LogP contribution in [0.2, 0.25) is 0 Å². The fraction of sp³-hybridized carbons (Fsp3) is 0.455. The minimum Gasteiger partial charge on any atom is -0.103 e. The molecule has 0 nitrogen and oxygen atoms in total. The topological polar surface area (TPSA) is 0 Å². The summed E-state index contributed by atoms with van der Waals surface area (Å²) in [6, 6.07) is 0. The summed E-state index contributed by atoms with van der Waals surface area (Å²) >= 11 is 1.70. The quantitative estimate of drug-likeness (QED) is 0.550. The molecular formula is C11H18S. The smallest absolute Gasteiger partial charge is 0.00806 e. The van der Waals surface area contributed by atoms with Crippen molar-refractivity contribution in [1.29, 1.82) is 0 Å². The molecule has 0 aliphatic rings. The van der Waals surface area contributed by atoms with Gasteiger partial charge in [-0.25, -0.2) is 0 Å². The van der Waals surface area contributed by atoms with Gasteiger partial charge >= 0.3 is 0 Å². The van der Waals surface area contributed by atoms with Gasteiger partial charge in [-0.15, -0.1) is 11.8 Å². The largest absolute Gasteiger partial charge is 0.103 e. The van der Waals surface area contributed by atoms with Gasteiger partial charge in [-0.1, -0.05) is 45.6 Å². The average molecular weight is 182 g/mol. The van der Waals surface area contributed by atoms with Crippen LogP contribution < -0.4 is 0 Å². The Morgan fingerprint density at radius 3 is 2.58 bits per heavy atom. The molecule has 0 aromatic carbocycles. The predicted molar refractivity (Wildman–Crippen MR) is 60.1 cm³/mol. The first-order valence-electron chi connectivity index (χ1n) is 4.36. The Bertz CT molecular complexity index is 168. The summed E-state index contributed by atoms with van der Waals surface area (Å²) in [5.74, 6) is 0.635. The van der Waals surface area contributed by atoms with Crippen molar-refractivity contribution < 1.29 is 0 Å². The van der Waals surface area contributed by atoms with Crippen LogP contribution in [-0.4, -0.2) is 0 Å². The van der Waals surface area contributed by atoms with Gasteiger partial charge in [0, 0.05) is 0 Å². The molecule has 0 aromatic rings. The number of thioether (sulfide) groups is 1. The van der Waals surface area contributed by atoms with Gasteiger partial charge in [-0.3, -0.25) is 0 Å². The lowest BCUT2D eigenvalue weighted by molar-refractivity contribution is 0.626. The minimum absolute atomic E-state index is 0.635. The summed E-state index contributed by atoms with van der Waals surface area (Å²) in [6.07, 6.45) is 6.39. The van der Waals surface area contributed by atoms with Crippen molar-refractivity contribution in [2.24, 2.45) is 5.92 Å². The maximum atomic E-state index is 3.71. The molecule has 0 spiro atoms. The molecule has 1 atom stereocenters. The molecule has 0 bridgehead atoms. The summed E-state index contributed by atoms with van der Waals surface area (Å²) in [5.41, 5.74) is 0. The molecule has 0 aromatic heterocycles. The van der Waals surface area contributed by atoms with Crippen molar-refractivity contribution >= 4 is 11.8 Å². The Balaban J connectivity index is 4.17. The fourth-order valence-corrected chi connectivity index (χ4v) is 1.82. The van der Waals surface area contributed by atoms with Gasteiger partial charge in [0.2, 0.25) is 0 Å². The maximum absolute atomic E-state index is 3.71. The molecule has 0 fully saturated rings. The molecule has 0 saturated carbocycles. The standard InChI is InChI=1S/C11H18S/c1-5-8-10(4)11(9-6-2)12-7-3/h6-7,9-10H,2-3,5,8H2,1,4H3/b11-9-. The highest BCUT2D eigenvalue weighted by molar-refractivity contribution is 8.05. The van der Waals surface area contributed by atoms with Crippen molar-refractivity contribution in [3.8, 4) is 0 Å². The third-order valence-electron chi connectivity index (χ3n) is 1.71. The molecule has 0 aliphatic carbocycles. The van der Waals surface area contributed by atoms with Crippen LogP contribution in [0.25, 0.3) is 0 Å². The molecular weight excluding hydrogens is 164 g/mol. The first-order chi connectivity index (χ1) is 5.76. The van der Waals surface area contributed by atoms with Gasteiger partial charge in [0.15, 0.2) is 0 Å². The lowest BCUT2D eigenvalue weighted by Crippen LogP contribution is -1.94. The minimum atomic E-state index is 0.635. The Hall–Kier alpha value is -0.430. The van der Waals surface area contributed by atoms with Crippen LogP contribution in [0.15, 0.2) is 35.6 Å². The second-order valence-corrected chi connectivity index (χ2v) is 3.82. The highest BCUT2D eigenvalue weighted by Gasteiger charge is 2.05. The highest BCUT2D eigenvalue weighted by atomic mass is 32.2. The molecule has 1 heteroatoms. The first-order valence-corrected chi connectivity index (χ1v) is 5.24. The highest BCUT2D eigenvalue weighted by Crippen LogP contribution is 2.27. The monoisotopic (exact) mass is 182 g/mol. The SMILES string of the molecule is C=C/C=C(\SC=C)C(C)CCC. The number of hydrogen-bond acceptors (Lipinski definition) is 1. The third kappa shape index (κ3) is 4.45.